The molecule has 0 unspecified atom stereocenters. The van der Waals surface area contributed by atoms with Crippen molar-refractivity contribution in [3.05, 3.63) is 37.8 Å². The number of nitrogens with zero attached hydrogens (tertiary/aromatic N) is 1. The number of hydrogen-bond acceptors (Lipinski definition) is 4. The van der Waals surface area contributed by atoms with Crippen LogP contribution in [-0.2, 0) is 0 Å². The Morgan fingerprint density at radius 2 is 2.13 bits per heavy atom. The van der Waals surface area contributed by atoms with Gasteiger partial charge in [-0.25, -0.2) is 0 Å². The lowest BCUT2D eigenvalue weighted by Crippen LogP contribution is -2.03. The molecule has 0 aliphatic rings. The highest BCUT2D eigenvalue weighted by Crippen LogP contribution is 2.30. The second kappa shape index (κ2) is 4.31. The molecule has 15 heavy (non-hydrogen) atoms. The zero-order valence-corrected chi connectivity index (χ0v) is 9.28. The maximum absolute atomic E-state index is 11.2. The Hall–Kier alpha value is -1.56. The van der Waals surface area contributed by atoms with Crippen molar-refractivity contribution >= 4 is 33.7 Å². The zero-order chi connectivity index (χ0) is 11.6. The number of nitro groups is 1. The fourth-order valence-electron chi connectivity index (χ4n) is 1.18. The van der Waals surface area contributed by atoms with Gasteiger partial charge in [0.25, 0.3) is 5.69 Å². The van der Waals surface area contributed by atoms with Gasteiger partial charge in [-0.3, -0.25) is 19.7 Å². The molecular weight excluding hydrogens is 266 g/mol. The van der Waals surface area contributed by atoms with Gasteiger partial charge in [-0.05, 0) is 28.9 Å². The van der Waals surface area contributed by atoms with E-state index in [9.17, 15) is 19.7 Å². The first kappa shape index (κ1) is 11.5. The molecular formula is C9H6BrNO4. The van der Waals surface area contributed by atoms with Crippen LogP contribution in [0.1, 0.15) is 27.6 Å². The van der Waals surface area contributed by atoms with Crippen molar-refractivity contribution in [2.45, 2.75) is 6.92 Å². The van der Waals surface area contributed by atoms with Gasteiger partial charge >= 0.3 is 0 Å². The molecule has 78 valence electrons. The fraction of sp³-hybridized carbons (Fsp3) is 0.111. The number of carbonyl (C=O) groups excluding carboxylic acids is 2. The number of nitro benzene ring substituents is 1. The summed E-state index contributed by atoms with van der Waals surface area (Å²) in [5.41, 5.74) is -0.0509. The predicted molar refractivity (Wildman–Crippen MR) is 56.2 cm³/mol. The van der Waals surface area contributed by atoms with Crippen molar-refractivity contribution in [2.75, 3.05) is 0 Å². The van der Waals surface area contributed by atoms with Gasteiger partial charge in [-0.15, -0.1) is 0 Å². The molecule has 1 aromatic rings. The molecule has 5 nitrogen and oxygen atoms in total. The molecule has 1 rings (SSSR count). The van der Waals surface area contributed by atoms with E-state index in [0.29, 0.717) is 6.29 Å². The topological polar surface area (TPSA) is 77.3 Å². The van der Waals surface area contributed by atoms with E-state index >= 15 is 0 Å². The summed E-state index contributed by atoms with van der Waals surface area (Å²) in [6.07, 6.45) is 0.491. The number of Topliss-reactive ketones (excluding diaryl/α,β-unsaturated/α-hetero) is 1. The van der Waals surface area contributed by atoms with Crippen LogP contribution in [0, 0.1) is 10.1 Å². The minimum absolute atomic E-state index is 0.0409. The Balaban J connectivity index is 3.56. The SMILES string of the molecule is CC(=O)c1c(C=O)ccc([N+](=O)[O-])c1Br. The van der Waals surface area contributed by atoms with Crippen LogP contribution in [0.4, 0.5) is 5.69 Å². The summed E-state index contributed by atoms with van der Waals surface area (Å²) in [6, 6.07) is 2.44. The summed E-state index contributed by atoms with van der Waals surface area (Å²) in [4.78, 5) is 31.8. The third kappa shape index (κ3) is 2.10. The average Bonchev–Trinajstić information content (AvgIpc) is 2.15. The minimum atomic E-state index is -0.620. The molecule has 0 saturated carbocycles. The molecule has 0 saturated heterocycles. The van der Waals surface area contributed by atoms with E-state index < -0.39 is 10.7 Å². The third-order valence-corrected chi connectivity index (χ3v) is 2.63. The van der Waals surface area contributed by atoms with Crippen molar-refractivity contribution < 1.29 is 14.5 Å². The van der Waals surface area contributed by atoms with Gasteiger partial charge in [-0.1, -0.05) is 0 Å². The average molecular weight is 272 g/mol. The van der Waals surface area contributed by atoms with Gasteiger partial charge in [-0.2, -0.15) is 0 Å². The number of ketones is 1. The van der Waals surface area contributed by atoms with Crippen LogP contribution in [0.15, 0.2) is 16.6 Å². The maximum Gasteiger partial charge on any atom is 0.284 e. The molecule has 0 spiro atoms. The van der Waals surface area contributed by atoms with Gasteiger partial charge < -0.3 is 0 Å². The van der Waals surface area contributed by atoms with E-state index in [1.54, 1.807) is 0 Å². The monoisotopic (exact) mass is 271 g/mol. The highest BCUT2D eigenvalue weighted by Gasteiger charge is 2.20. The molecule has 0 fully saturated rings. The number of benzene rings is 1. The lowest BCUT2D eigenvalue weighted by Gasteiger charge is -2.03. The Morgan fingerprint density at radius 3 is 2.53 bits per heavy atom. The molecule has 6 heteroatoms. The summed E-state index contributed by atoms with van der Waals surface area (Å²) in [5, 5.41) is 10.6. The first-order valence-electron chi connectivity index (χ1n) is 3.92. The van der Waals surface area contributed by atoms with E-state index in [4.69, 9.17) is 0 Å². The summed E-state index contributed by atoms with van der Waals surface area (Å²) < 4.78 is 0.0459. The van der Waals surface area contributed by atoms with Gasteiger partial charge in [0.2, 0.25) is 0 Å². The lowest BCUT2D eigenvalue weighted by atomic mass is 10.0. The molecule has 0 aliphatic heterocycles. The second-order valence-corrected chi connectivity index (χ2v) is 3.59. The highest BCUT2D eigenvalue weighted by molar-refractivity contribution is 9.10. The maximum atomic E-state index is 11.2. The van der Waals surface area contributed by atoms with Crippen molar-refractivity contribution in [2.24, 2.45) is 0 Å². The molecule has 0 atom stereocenters. The summed E-state index contributed by atoms with van der Waals surface area (Å²) >= 11 is 2.95. The zero-order valence-electron chi connectivity index (χ0n) is 7.69. The van der Waals surface area contributed by atoms with Crippen LogP contribution in [-0.4, -0.2) is 17.0 Å². The number of hydrogen-bond donors (Lipinski definition) is 0. The highest BCUT2D eigenvalue weighted by atomic mass is 79.9. The van der Waals surface area contributed by atoms with Crippen LogP contribution in [0.3, 0.4) is 0 Å². The van der Waals surface area contributed by atoms with E-state index in [1.807, 2.05) is 0 Å². The van der Waals surface area contributed by atoms with Gasteiger partial charge in [0.15, 0.2) is 12.1 Å². The first-order chi connectivity index (χ1) is 6.99. The van der Waals surface area contributed by atoms with Crippen LogP contribution in [0.5, 0.6) is 0 Å². The summed E-state index contributed by atoms with van der Waals surface area (Å²) in [7, 11) is 0. The standard InChI is InChI=1S/C9H6BrNO4/c1-5(13)8-6(4-12)2-3-7(9(8)10)11(14)15/h2-4H,1H3. The molecule has 0 heterocycles. The lowest BCUT2D eigenvalue weighted by molar-refractivity contribution is -0.385. The predicted octanol–water partition coefficient (Wildman–Crippen LogP) is 2.37. The summed E-state index contributed by atoms with van der Waals surface area (Å²) in [5.74, 6) is -0.396. The van der Waals surface area contributed by atoms with Crippen molar-refractivity contribution in [3.8, 4) is 0 Å². The molecule has 0 radical (unpaired) electrons. The third-order valence-electron chi connectivity index (χ3n) is 1.83. The number of halogens is 1. The molecule has 0 aromatic heterocycles. The number of rotatable bonds is 3. The summed E-state index contributed by atoms with van der Waals surface area (Å²) in [6.45, 7) is 1.25. The molecule has 1 aromatic carbocycles. The fourth-order valence-corrected chi connectivity index (χ4v) is 1.96. The van der Waals surface area contributed by atoms with E-state index in [1.165, 1.54) is 19.1 Å². The Morgan fingerprint density at radius 1 is 1.53 bits per heavy atom. The molecule has 0 aliphatic carbocycles. The largest absolute Gasteiger partial charge is 0.298 e. The van der Waals surface area contributed by atoms with Crippen molar-refractivity contribution in [1.29, 1.82) is 0 Å². The first-order valence-corrected chi connectivity index (χ1v) is 4.71. The minimum Gasteiger partial charge on any atom is -0.298 e. The van der Waals surface area contributed by atoms with Crippen LogP contribution in [0.25, 0.3) is 0 Å². The normalized spacial score (nSPS) is 9.73. The molecule has 0 N–H and O–H groups in total. The van der Waals surface area contributed by atoms with E-state index in [-0.39, 0.29) is 21.3 Å². The Bertz CT molecular complexity index is 456. The van der Waals surface area contributed by atoms with Gasteiger partial charge in [0, 0.05) is 17.2 Å². The quantitative estimate of drug-likeness (QED) is 0.366. The number of aldehydes is 1. The Kier molecular flexibility index (Phi) is 3.31. The smallest absolute Gasteiger partial charge is 0.284 e. The van der Waals surface area contributed by atoms with Crippen molar-refractivity contribution in [1.82, 2.24) is 0 Å². The van der Waals surface area contributed by atoms with Crippen LogP contribution in [0.2, 0.25) is 0 Å². The van der Waals surface area contributed by atoms with Crippen LogP contribution >= 0.6 is 15.9 Å². The Labute approximate surface area is 93.4 Å². The molecule has 0 amide bonds. The molecule has 0 bridgehead atoms. The number of carbonyl (C=O) groups is 2. The van der Waals surface area contributed by atoms with Gasteiger partial charge in [0.05, 0.1) is 4.92 Å². The van der Waals surface area contributed by atoms with Crippen molar-refractivity contribution in [3.63, 3.8) is 0 Å². The van der Waals surface area contributed by atoms with Crippen LogP contribution < -0.4 is 0 Å². The van der Waals surface area contributed by atoms with Gasteiger partial charge in [0.1, 0.15) is 4.47 Å². The van der Waals surface area contributed by atoms with E-state index in [0.717, 1.165) is 0 Å². The second-order valence-electron chi connectivity index (χ2n) is 2.79. The van der Waals surface area contributed by atoms with E-state index in [2.05, 4.69) is 15.9 Å².